The highest BCUT2D eigenvalue weighted by Crippen LogP contribution is 2.25. The molecule has 0 fully saturated rings. The molecule has 2 aromatic carbocycles. The fraction of sp³-hybridized carbons (Fsp3) is 0.190. The number of nitrogens with one attached hydrogen (secondary N) is 1. The highest BCUT2D eigenvalue weighted by molar-refractivity contribution is 8.01. The Morgan fingerprint density at radius 3 is 2.39 bits per heavy atom. The van der Waals surface area contributed by atoms with Crippen LogP contribution >= 0.6 is 11.8 Å². The molecule has 0 spiro atoms. The second kappa shape index (κ2) is 9.23. The Morgan fingerprint density at radius 1 is 1.11 bits per heavy atom. The number of thioether (sulfide) groups is 1. The molecule has 1 atom stereocenters. The number of carbonyl (C=O) groups is 2. The first-order valence-corrected chi connectivity index (χ1v) is 9.83. The van der Waals surface area contributed by atoms with Crippen molar-refractivity contribution in [2.45, 2.75) is 12.2 Å². The van der Waals surface area contributed by atoms with Crippen LogP contribution in [-0.2, 0) is 14.3 Å². The van der Waals surface area contributed by atoms with Gasteiger partial charge in [0.25, 0.3) is 0 Å². The lowest BCUT2D eigenvalue weighted by Crippen LogP contribution is -2.21. The van der Waals surface area contributed by atoms with Gasteiger partial charge in [0.1, 0.15) is 11.1 Å². The van der Waals surface area contributed by atoms with Crippen molar-refractivity contribution in [3.63, 3.8) is 0 Å². The molecule has 0 aliphatic heterocycles. The predicted octanol–water partition coefficient (Wildman–Crippen LogP) is 3.77. The fourth-order valence-electron chi connectivity index (χ4n) is 2.60. The van der Waals surface area contributed by atoms with E-state index in [1.807, 2.05) is 66.7 Å². The third kappa shape index (κ3) is 4.80. The van der Waals surface area contributed by atoms with Crippen molar-refractivity contribution in [1.82, 2.24) is 9.78 Å². The van der Waals surface area contributed by atoms with Crippen molar-refractivity contribution < 1.29 is 14.3 Å². The van der Waals surface area contributed by atoms with Gasteiger partial charge in [-0.05, 0) is 19.1 Å². The molecular weight excluding hydrogens is 374 g/mol. The maximum absolute atomic E-state index is 12.4. The lowest BCUT2D eigenvalue weighted by molar-refractivity contribution is -0.139. The van der Waals surface area contributed by atoms with Gasteiger partial charge in [-0.1, -0.05) is 48.5 Å². The molecule has 28 heavy (non-hydrogen) atoms. The van der Waals surface area contributed by atoms with Gasteiger partial charge < -0.3 is 10.1 Å². The number of methoxy groups -OCH3 is 1. The van der Waals surface area contributed by atoms with Crippen LogP contribution in [0.3, 0.4) is 0 Å². The SMILES string of the molecule is COC(=O)C(C)SCC(=O)Nc1cc(-c2ccccc2)nn1-c1ccccc1. The number of hydrogen-bond donors (Lipinski definition) is 1. The van der Waals surface area contributed by atoms with E-state index < -0.39 is 5.25 Å². The second-order valence-corrected chi connectivity index (χ2v) is 7.38. The summed E-state index contributed by atoms with van der Waals surface area (Å²) < 4.78 is 6.39. The van der Waals surface area contributed by atoms with E-state index in [0.717, 1.165) is 16.9 Å². The third-order valence-corrected chi connectivity index (χ3v) is 5.17. The van der Waals surface area contributed by atoms with E-state index in [2.05, 4.69) is 15.2 Å². The van der Waals surface area contributed by atoms with Crippen LogP contribution in [0.15, 0.2) is 66.7 Å². The standard InChI is InChI=1S/C21H21N3O3S/c1-15(21(26)27-2)28-14-20(25)22-19-13-18(16-9-5-3-6-10-16)23-24(19)17-11-7-4-8-12-17/h3-13,15H,14H2,1-2H3,(H,22,25). The van der Waals surface area contributed by atoms with Crippen LogP contribution in [0.4, 0.5) is 5.82 Å². The monoisotopic (exact) mass is 395 g/mol. The minimum absolute atomic E-state index is 0.136. The molecule has 1 heterocycles. The molecule has 6 nitrogen and oxygen atoms in total. The van der Waals surface area contributed by atoms with E-state index in [9.17, 15) is 9.59 Å². The van der Waals surface area contributed by atoms with E-state index in [1.54, 1.807) is 11.6 Å². The second-order valence-electron chi connectivity index (χ2n) is 6.05. The molecule has 0 aliphatic carbocycles. The quantitative estimate of drug-likeness (QED) is 0.617. The normalized spacial score (nSPS) is 11.6. The van der Waals surface area contributed by atoms with Gasteiger partial charge >= 0.3 is 5.97 Å². The van der Waals surface area contributed by atoms with Crippen molar-refractivity contribution in [2.24, 2.45) is 0 Å². The number of aromatic nitrogens is 2. The number of carbonyl (C=O) groups excluding carboxylic acids is 2. The van der Waals surface area contributed by atoms with Gasteiger partial charge in [0, 0.05) is 11.6 Å². The van der Waals surface area contributed by atoms with Gasteiger partial charge in [-0.25, -0.2) is 4.68 Å². The van der Waals surface area contributed by atoms with Crippen molar-refractivity contribution in [3.05, 3.63) is 66.7 Å². The highest BCUT2D eigenvalue weighted by atomic mass is 32.2. The number of hydrogen-bond acceptors (Lipinski definition) is 5. The highest BCUT2D eigenvalue weighted by Gasteiger charge is 2.17. The number of amides is 1. The molecule has 0 aliphatic rings. The molecule has 1 N–H and O–H groups in total. The van der Waals surface area contributed by atoms with Gasteiger partial charge in [0.05, 0.1) is 24.2 Å². The number of anilines is 1. The first-order valence-electron chi connectivity index (χ1n) is 8.78. The van der Waals surface area contributed by atoms with E-state index in [4.69, 9.17) is 0 Å². The molecule has 1 amide bonds. The molecule has 144 valence electrons. The number of rotatable bonds is 7. The number of benzene rings is 2. The molecule has 0 radical (unpaired) electrons. The fourth-order valence-corrected chi connectivity index (χ4v) is 3.31. The first kappa shape index (κ1) is 19.7. The van der Waals surface area contributed by atoms with Gasteiger partial charge in [-0.2, -0.15) is 5.10 Å². The molecule has 7 heteroatoms. The number of nitrogens with zero attached hydrogens (tertiary/aromatic N) is 2. The minimum Gasteiger partial charge on any atom is -0.468 e. The van der Waals surface area contributed by atoms with Crippen LogP contribution in [0.25, 0.3) is 16.9 Å². The van der Waals surface area contributed by atoms with Gasteiger partial charge in [0.15, 0.2) is 0 Å². The Morgan fingerprint density at radius 2 is 1.75 bits per heavy atom. The summed E-state index contributed by atoms with van der Waals surface area (Å²) in [6.45, 7) is 1.71. The maximum atomic E-state index is 12.4. The first-order chi connectivity index (χ1) is 13.6. The van der Waals surface area contributed by atoms with Crippen molar-refractivity contribution in [1.29, 1.82) is 0 Å². The molecule has 1 unspecified atom stereocenters. The molecular formula is C21H21N3O3S. The molecule has 0 saturated carbocycles. The average Bonchev–Trinajstić information content (AvgIpc) is 3.16. The summed E-state index contributed by atoms with van der Waals surface area (Å²) in [6, 6.07) is 21.2. The minimum atomic E-state index is -0.408. The summed E-state index contributed by atoms with van der Waals surface area (Å²) in [5, 5.41) is 7.15. The van der Waals surface area contributed by atoms with Crippen molar-refractivity contribution >= 4 is 29.5 Å². The van der Waals surface area contributed by atoms with Gasteiger partial charge in [-0.3, -0.25) is 9.59 Å². The number of esters is 1. The van der Waals surface area contributed by atoms with Crippen LogP contribution in [0.1, 0.15) is 6.92 Å². The van der Waals surface area contributed by atoms with Crippen LogP contribution in [0, 0.1) is 0 Å². The molecule has 3 aromatic rings. The lowest BCUT2D eigenvalue weighted by Gasteiger charge is -2.10. The molecule has 0 bridgehead atoms. The van der Waals surface area contributed by atoms with E-state index in [0.29, 0.717) is 5.82 Å². The zero-order valence-corrected chi connectivity index (χ0v) is 16.5. The smallest absolute Gasteiger partial charge is 0.318 e. The molecule has 0 saturated heterocycles. The number of para-hydroxylation sites is 1. The van der Waals surface area contributed by atoms with Crippen LogP contribution in [-0.4, -0.2) is 39.8 Å². The molecule has 3 rings (SSSR count). The Hall–Kier alpha value is -3.06. The Balaban J connectivity index is 1.82. The topological polar surface area (TPSA) is 73.2 Å². The third-order valence-electron chi connectivity index (χ3n) is 4.04. The van der Waals surface area contributed by atoms with Crippen LogP contribution in [0.5, 0.6) is 0 Å². The largest absolute Gasteiger partial charge is 0.468 e. The van der Waals surface area contributed by atoms with Gasteiger partial charge in [-0.15, -0.1) is 11.8 Å². The van der Waals surface area contributed by atoms with Crippen LogP contribution < -0.4 is 5.32 Å². The molecule has 1 aromatic heterocycles. The summed E-state index contributed by atoms with van der Waals surface area (Å²) in [5.74, 6) is 0.147. The van der Waals surface area contributed by atoms with E-state index in [1.165, 1.54) is 18.9 Å². The Kier molecular flexibility index (Phi) is 6.49. The Labute approximate surface area is 167 Å². The van der Waals surface area contributed by atoms with Crippen LogP contribution in [0.2, 0.25) is 0 Å². The predicted molar refractivity (Wildman–Crippen MR) is 112 cm³/mol. The average molecular weight is 395 g/mol. The zero-order valence-electron chi connectivity index (χ0n) is 15.7. The summed E-state index contributed by atoms with van der Waals surface area (Å²) in [5.41, 5.74) is 2.56. The Bertz CT molecular complexity index is 942. The summed E-state index contributed by atoms with van der Waals surface area (Å²) in [7, 11) is 1.34. The number of ether oxygens (including phenoxy) is 1. The zero-order chi connectivity index (χ0) is 19.9. The van der Waals surface area contributed by atoms with E-state index >= 15 is 0 Å². The lowest BCUT2D eigenvalue weighted by atomic mass is 10.2. The van der Waals surface area contributed by atoms with Gasteiger partial charge in [0.2, 0.25) is 5.91 Å². The van der Waals surface area contributed by atoms with Crippen molar-refractivity contribution in [2.75, 3.05) is 18.2 Å². The summed E-state index contributed by atoms with van der Waals surface area (Å²) >= 11 is 1.23. The van der Waals surface area contributed by atoms with E-state index in [-0.39, 0.29) is 17.6 Å². The van der Waals surface area contributed by atoms with Crippen molar-refractivity contribution in [3.8, 4) is 16.9 Å². The maximum Gasteiger partial charge on any atom is 0.318 e. The summed E-state index contributed by atoms with van der Waals surface area (Å²) in [4.78, 5) is 23.9. The summed E-state index contributed by atoms with van der Waals surface area (Å²) in [6.07, 6.45) is 0.